The first kappa shape index (κ1) is 14.9. The van der Waals surface area contributed by atoms with E-state index in [4.69, 9.17) is 5.11 Å². The summed E-state index contributed by atoms with van der Waals surface area (Å²) >= 11 is 0.0389. The van der Waals surface area contributed by atoms with Crippen molar-refractivity contribution in [2.75, 3.05) is 0 Å². The molecule has 0 saturated heterocycles. The van der Waals surface area contributed by atoms with Crippen molar-refractivity contribution in [2.24, 2.45) is 5.92 Å². The average molecular weight is 278 g/mol. The number of aliphatic carboxylic acids is 1. The van der Waals surface area contributed by atoms with Crippen LogP contribution in [-0.2, 0) is 11.3 Å². The molecule has 0 aliphatic heterocycles. The van der Waals surface area contributed by atoms with Crippen molar-refractivity contribution in [3.8, 4) is 0 Å². The van der Waals surface area contributed by atoms with Gasteiger partial charge in [-0.1, -0.05) is 13.8 Å². The number of halogens is 2. The monoisotopic (exact) mass is 278 g/mol. The van der Waals surface area contributed by atoms with Crippen molar-refractivity contribution in [3.05, 3.63) is 11.4 Å². The Morgan fingerprint density at radius 3 is 2.50 bits per heavy atom. The number of aryl methyl sites for hydroxylation is 1. The summed E-state index contributed by atoms with van der Waals surface area (Å²) in [6.07, 6.45) is 0. The van der Waals surface area contributed by atoms with Gasteiger partial charge in [0, 0.05) is 12.2 Å². The molecule has 0 aromatic carbocycles. The Kier molecular flexibility index (Phi) is 4.37. The van der Waals surface area contributed by atoms with Gasteiger partial charge in [0.1, 0.15) is 0 Å². The van der Waals surface area contributed by atoms with Crippen molar-refractivity contribution in [3.63, 3.8) is 0 Å². The maximum atomic E-state index is 13.2. The summed E-state index contributed by atoms with van der Waals surface area (Å²) in [4.78, 5) is 10.7. The summed E-state index contributed by atoms with van der Waals surface area (Å²) in [5.74, 6) is -1.80. The minimum absolute atomic E-state index is 0.0389. The molecule has 7 heteroatoms. The highest BCUT2D eigenvalue weighted by Gasteiger charge is 2.41. The smallest absolute Gasteiger partial charge is 0.393 e. The van der Waals surface area contributed by atoms with E-state index in [0.717, 1.165) is 0 Å². The molecule has 0 bridgehead atoms. The second-order valence-electron chi connectivity index (χ2n) is 4.50. The second kappa shape index (κ2) is 5.26. The Labute approximate surface area is 108 Å². The summed E-state index contributed by atoms with van der Waals surface area (Å²) in [7, 11) is 0. The topological polar surface area (TPSA) is 55.1 Å². The van der Waals surface area contributed by atoms with Crippen LogP contribution < -0.4 is 0 Å². The number of hydrogen-bond donors (Lipinski definition) is 1. The maximum absolute atomic E-state index is 13.2. The van der Waals surface area contributed by atoms with Crippen LogP contribution in [0, 0.1) is 19.8 Å². The van der Waals surface area contributed by atoms with E-state index in [1.54, 1.807) is 18.5 Å². The Hall–Kier alpha value is -1.11. The number of hydrogen-bond acceptors (Lipinski definition) is 3. The zero-order valence-corrected chi connectivity index (χ0v) is 11.5. The summed E-state index contributed by atoms with van der Waals surface area (Å²) in [6, 6.07) is 0. The van der Waals surface area contributed by atoms with E-state index in [1.165, 1.54) is 0 Å². The van der Waals surface area contributed by atoms with E-state index in [9.17, 15) is 13.6 Å². The SMILES string of the molecule is Cc1nn(CC(C)C)c(C)c1SC(F)(F)C(=O)O. The Bertz CT molecular complexity index is 458. The van der Waals surface area contributed by atoms with Crippen LogP contribution in [-0.4, -0.2) is 26.1 Å². The minimum Gasteiger partial charge on any atom is -0.476 e. The van der Waals surface area contributed by atoms with Crippen LogP contribution in [0.15, 0.2) is 4.90 Å². The van der Waals surface area contributed by atoms with E-state index >= 15 is 0 Å². The standard InChI is InChI=1S/C11H16F2N2O2S/c1-6(2)5-15-8(4)9(7(3)14-15)18-11(12,13)10(16)17/h6H,5H2,1-4H3,(H,16,17). The van der Waals surface area contributed by atoms with Crippen LogP contribution in [0.1, 0.15) is 25.2 Å². The second-order valence-corrected chi connectivity index (χ2v) is 5.62. The van der Waals surface area contributed by atoms with Crippen LogP contribution in [0.2, 0.25) is 0 Å². The van der Waals surface area contributed by atoms with Crippen LogP contribution in [0.4, 0.5) is 8.78 Å². The molecule has 0 radical (unpaired) electrons. The van der Waals surface area contributed by atoms with Gasteiger partial charge in [-0.2, -0.15) is 13.9 Å². The van der Waals surface area contributed by atoms with Crippen LogP contribution in [0.3, 0.4) is 0 Å². The molecule has 1 heterocycles. The normalized spacial score (nSPS) is 12.2. The number of rotatable bonds is 5. The minimum atomic E-state index is -3.83. The Morgan fingerprint density at radius 1 is 1.50 bits per heavy atom. The third-order valence-electron chi connectivity index (χ3n) is 2.33. The summed E-state index contributed by atoms with van der Waals surface area (Å²) in [6.45, 7) is 7.88. The van der Waals surface area contributed by atoms with Gasteiger partial charge in [-0.05, 0) is 31.5 Å². The first-order chi connectivity index (χ1) is 8.15. The quantitative estimate of drug-likeness (QED) is 0.841. The molecule has 102 valence electrons. The number of alkyl halides is 2. The molecule has 0 aliphatic rings. The number of carboxylic acid groups (broad SMARTS) is 1. The lowest BCUT2D eigenvalue weighted by molar-refractivity contribution is -0.152. The highest BCUT2D eigenvalue weighted by Crippen LogP contribution is 2.39. The summed E-state index contributed by atoms with van der Waals surface area (Å²) < 4.78 is 28.0. The van der Waals surface area contributed by atoms with E-state index in [-0.39, 0.29) is 16.7 Å². The van der Waals surface area contributed by atoms with Crippen LogP contribution in [0.25, 0.3) is 0 Å². The zero-order valence-electron chi connectivity index (χ0n) is 10.7. The van der Waals surface area contributed by atoms with E-state index in [2.05, 4.69) is 5.10 Å². The van der Waals surface area contributed by atoms with Crippen molar-refractivity contribution in [1.29, 1.82) is 0 Å². The molecule has 0 atom stereocenters. The van der Waals surface area contributed by atoms with Crippen molar-refractivity contribution in [2.45, 2.75) is 44.4 Å². The first-order valence-electron chi connectivity index (χ1n) is 5.49. The average Bonchev–Trinajstić information content (AvgIpc) is 2.44. The molecule has 0 spiro atoms. The van der Waals surface area contributed by atoms with Crippen molar-refractivity contribution >= 4 is 17.7 Å². The number of thioether (sulfide) groups is 1. The largest absolute Gasteiger partial charge is 0.476 e. The highest BCUT2D eigenvalue weighted by molar-refractivity contribution is 8.01. The predicted molar refractivity (Wildman–Crippen MR) is 65.0 cm³/mol. The molecule has 1 rings (SSSR count). The molecular weight excluding hydrogens is 262 g/mol. The third-order valence-corrected chi connectivity index (χ3v) is 3.56. The van der Waals surface area contributed by atoms with Gasteiger partial charge in [0.2, 0.25) is 0 Å². The third kappa shape index (κ3) is 3.22. The van der Waals surface area contributed by atoms with Gasteiger partial charge in [0.25, 0.3) is 0 Å². The van der Waals surface area contributed by atoms with Gasteiger partial charge >= 0.3 is 11.2 Å². The zero-order chi connectivity index (χ0) is 14.1. The molecule has 4 nitrogen and oxygen atoms in total. The number of nitrogens with zero attached hydrogens (tertiary/aromatic N) is 2. The van der Waals surface area contributed by atoms with Gasteiger partial charge in [-0.3, -0.25) is 4.68 Å². The Morgan fingerprint density at radius 2 is 2.06 bits per heavy atom. The molecular formula is C11H16F2N2O2S. The van der Waals surface area contributed by atoms with Gasteiger partial charge in [-0.25, -0.2) is 4.79 Å². The molecule has 0 aliphatic carbocycles. The van der Waals surface area contributed by atoms with Gasteiger partial charge in [0.05, 0.1) is 10.6 Å². The molecule has 0 saturated carbocycles. The maximum Gasteiger partial charge on any atom is 0.393 e. The lowest BCUT2D eigenvalue weighted by Gasteiger charge is -2.11. The van der Waals surface area contributed by atoms with Gasteiger partial charge in [0.15, 0.2) is 0 Å². The van der Waals surface area contributed by atoms with Gasteiger partial charge in [-0.15, -0.1) is 0 Å². The lowest BCUT2D eigenvalue weighted by atomic mass is 10.2. The fourth-order valence-corrected chi connectivity index (χ4v) is 2.31. The summed E-state index contributed by atoms with van der Waals surface area (Å²) in [5.41, 5.74) is 1.01. The molecule has 0 amide bonds. The molecule has 1 aromatic rings. The number of aromatic nitrogens is 2. The van der Waals surface area contributed by atoms with Gasteiger partial charge < -0.3 is 5.11 Å². The predicted octanol–water partition coefficient (Wildman–Crippen LogP) is 2.93. The fraction of sp³-hybridized carbons (Fsp3) is 0.636. The number of carbonyl (C=O) groups is 1. The van der Waals surface area contributed by atoms with E-state index in [1.807, 2.05) is 13.8 Å². The first-order valence-corrected chi connectivity index (χ1v) is 6.31. The molecule has 0 fully saturated rings. The van der Waals surface area contributed by atoms with Crippen molar-refractivity contribution in [1.82, 2.24) is 9.78 Å². The van der Waals surface area contributed by atoms with Crippen molar-refractivity contribution < 1.29 is 18.7 Å². The van der Waals surface area contributed by atoms with Crippen LogP contribution in [0.5, 0.6) is 0 Å². The lowest BCUT2D eigenvalue weighted by Crippen LogP contribution is -2.23. The molecule has 18 heavy (non-hydrogen) atoms. The Balaban J connectivity index is 3.04. The molecule has 0 unspecified atom stereocenters. The fourth-order valence-electron chi connectivity index (χ4n) is 1.52. The van der Waals surface area contributed by atoms with E-state index in [0.29, 0.717) is 23.9 Å². The van der Waals surface area contributed by atoms with E-state index < -0.39 is 11.2 Å². The molecule has 1 aromatic heterocycles. The van der Waals surface area contributed by atoms with Crippen LogP contribution >= 0.6 is 11.8 Å². The molecule has 1 N–H and O–H groups in total. The highest BCUT2D eigenvalue weighted by atomic mass is 32.2. The summed E-state index contributed by atoms with van der Waals surface area (Å²) in [5, 5.41) is 8.77. The number of carboxylic acids is 1.